The van der Waals surface area contributed by atoms with Crippen LogP contribution in [0.15, 0.2) is 85.2 Å². The first-order valence-corrected chi connectivity index (χ1v) is 8.49. The van der Waals surface area contributed by atoms with E-state index in [1.165, 1.54) is 0 Å². The Balaban J connectivity index is 1.70. The number of ketones is 1. The number of aldehydes is 1. The normalized spacial score (nSPS) is 10.8. The van der Waals surface area contributed by atoms with Crippen molar-refractivity contribution in [3.05, 3.63) is 102 Å². The molecule has 0 saturated heterocycles. The van der Waals surface area contributed by atoms with E-state index in [-0.39, 0.29) is 5.78 Å². The van der Waals surface area contributed by atoms with Gasteiger partial charge in [-0.05, 0) is 23.3 Å². The fourth-order valence-corrected chi connectivity index (χ4v) is 3.26. The van der Waals surface area contributed by atoms with Crippen molar-refractivity contribution in [2.75, 3.05) is 0 Å². The molecular formula is C23H17NO2. The molecule has 3 heteroatoms. The van der Waals surface area contributed by atoms with Gasteiger partial charge in [0.05, 0.1) is 5.52 Å². The number of pyridine rings is 1. The predicted octanol–water partition coefficient (Wildman–Crippen LogP) is 4.84. The Bertz CT molecular complexity index is 1090. The monoisotopic (exact) mass is 339 g/mol. The maximum atomic E-state index is 12.5. The van der Waals surface area contributed by atoms with Crippen molar-refractivity contribution >= 4 is 17.6 Å². The highest BCUT2D eigenvalue weighted by Gasteiger charge is 2.13. The Kier molecular flexibility index (Phi) is 4.20. The summed E-state index contributed by atoms with van der Waals surface area (Å²) in [4.78, 5) is 24.1. The van der Waals surface area contributed by atoms with Gasteiger partial charge in [-0.25, -0.2) is 0 Å². The maximum Gasteiger partial charge on any atom is 0.167 e. The van der Waals surface area contributed by atoms with Crippen LogP contribution < -0.4 is 0 Å². The average molecular weight is 339 g/mol. The van der Waals surface area contributed by atoms with Crippen molar-refractivity contribution in [3.63, 3.8) is 0 Å². The number of aromatic nitrogens is 1. The molecule has 0 bridgehead atoms. The number of hydrogen-bond acceptors (Lipinski definition) is 2. The zero-order valence-corrected chi connectivity index (χ0v) is 14.1. The molecule has 126 valence electrons. The van der Waals surface area contributed by atoms with E-state index in [0.717, 1.165) is 28.5 Å². The number of nitrogens with zero attached hydrogens (tertiary/aromatic N) is 1. The van der Waals surface area contributed by atoms with Crippen molar-refractivity contribution in [2.45, 2.75) is 6.42 Å². The number of hydrogen-bond donors (Lipinski definition) is 0. The Labute approximate surface area is 151 Å². The minimum absolute atomic E-state index is 0.0837. The second kappa shape index (κ2) is 6.81. The summed E-state index contributed by atoms with van der Waals surface area (Å²) in [5.41, 5.74) is 5.00. The van der Waals surface area contributed by atoms with Gasteiger partial charge < -0.3 is 4.40 Å². The van der Waals surface area contributed by atoms with Crippen LogP contribution in [0.4, 0.5) is 0 Å². The number of carbonyl (C=O) groups excluding carboxylic acids is 2. The van der Waals surface area contributed by atoms with Gasteiger partial charge in [-0.15, -0.1) is 0 Å². The molecule has 0 saturated carbocycles. The van der Waals surface area contributed by atoms with E-state index in [1.807, 2.05) is 89.6 Å². The second-order valence-electron chi connectivity index (χ2n) is 6.23. The summed E-state index contributed by atoms with van der Waals surface area (Å²) >= 11 is 0. The van der Waals surface area contributed by atoms with Gasteiger partial charge >= 0.3 is 0 Å². The Morgan fingerprint density at radius 3 is 2.54 bits per heavy atom. The van der Waals surface area contributed by atoms with Gasteiger partial charge in [-0.2, -0.15) is 0 Å². The van der Waals surface area contributed by atoms with E-state index in [0.29, 0.717) is 17.5 Å². The molecule has 2 aromatic heterocycles. The van der Waals surface area contributed by atoms with E-state index in [1.54, 1.807) is 0 Å². The van der Waals surface area contributed by atoms with Crippen LogP contribution in [-0.4, -0.2) is 16.5 Å². The number of carbonyl (C=O) groups is 2. The standard InChI is InChI=1S/C23H17NO2/c25-16-21-20(15-24-12-5-4-11-22(21)24)19-10-6-7-17(13-19)14-23(26)18-8-2-1-3-9-18/h1-13,15-16H,14H2. The van der Waals surface area contributed by atoms with E-state index in [4.69, 9.17) is 0 Å². The van der Waals surface area contributed by atoms with Crippen molar-refractivity contribution < 1.29 is 9.59 Å². The van der Waals surface area contributed by atoms with Crippen LogP contribution in [0.3, 0.4) is 0 Å². The molecule has 0 fully saturated rings. The van der Waals surface area contributed by atoms with Gasteiger partial charge in [0, 0.05) is 35.5 Å². The van der Waals surface area contributed by atoms with E-state index in [2.05, 4.69) is 0 Å². The lowest BCUT2D eigenvalue weighted by Gasteiger charge is -2.05. The lowest BCUT2D eigenvalue weighted by atomic mass is 9.98. The summed E-state index contributed by atoms with van der Waals surface area (Å²) in [5.74, 6) is 0.0837. The molecule has 26 heavy (non-hydrogen) atoms. The smallest absolute Gasteiger partial charge is 0.167 e. The predicted molar refractivity (Wildman–Crippen MR) is 103 cm³/mol. The average Bonchev–Trinajstić information content (AvgIpc) is 3.07. The van der Waals surface area contributed by atoms with Gasteiger partial charge in [0.15, 0.2) is 12.1 Å². The van der Waals surface area contributed by atoms with Gasteiger partial charge in [-0.1, -0.05) is 60.7 Å². The zero-order valence-electron chi connectivity index (χ0n) is 14.1. The van der Waals surface area contributed by atoms with Crippen LogP contribution in [0.2, 0.25) is 0 Å². The van der Waals surface area contributed by atoms with Gasteiger partial charge in [0.1, 0.15) is 0 Å². The number of benzene rings is 2. The van der Waals surface area contributed by atoms with Crippen LogP contribution >= 0.6 is 0 Å². The summed E-state index contributed by atoms with van der Waals surface area (Å²) in [6, 6.07) is 22.9. The minimum atomic E-state index is 0.0837. The Morgan fingerprint density at radius 2 is 1.73 bits per heavy atom. The first-order chi connectivity index (χ1) is 12.8. The number of Topliss-reactive ketones (excluding diaryl/α,β-unsaturated/α-hetero) is 1. The van der Waals surface area contributed by atoms with E-state index < -0.39 is 0 Å². The molecule has 0 aliphatic heterocycles. The lowest BCUT2D eigenvalue weighted by molar-refractivity contribution is 0.0992. The van der Waals surface area contributed by atoms with E-state index in [9.17, 15) is 9.59 Å². The molecule has 4 rings (SSSR count). The van der Waals surface area contributed by atoms with Crippen LogP contribution in [0.5, 0.6) is 0 Å². The van der Waals surface area contributed by atoms with Gasteiger partial charge in [-0.3, -0.25) is 9.59 Å². The molecule has 3 nitrogen and oxygen atoms in total. The molecule has 0 aliphatic carbocycles. The Morgan fingerprint density at radius 1 is 0.923 bits per heavy atom. The minimum Gasteiger partial charge on any atom is -0.322 e. The van der Waals surface area contributed by atoms with Crippen LogP contribution in [0.1, 0.15) is 26.3 Å². The molecule has 2 heterocycles. The maximum absolute atomic E-state index is 12.5. The molecule has 0 aliphatic rings. The van der Waals surface area contributed by atoms with E-state index >= 15 is 0 Å². The molecule has 0 amide bonds. The third kappa shape index (κ3) is 2.95. The third-order valence-corrected chi connectivity index (χ3v) is 4.54. The molecule has 0 radical (unpaired) electrons. The molecule has 0 atom stereocenters. The molecule has 4 aromatic rings. The van der Waals surface area contributed by atoms with Crippen LogP contribution in [0.25, 0.3) is 16.6 Å². The van der Waals surface area contributed by atoms with Crippen molar-refractivity contribution in [1.29, 1.82) is 0 Å². The molecule has 0 N–H and O–H groups in total. The fraction of sp³-hybridized carbons (Fsp3) is 0.0435. The summed E-state index contributed by atoms with van der Waals surface area (Å²) in [5, 5.41) is 0. The van der Waals surface area contributed by atoms with Gasteiger partial charge in [0.2, 0.25) is 0 Å². The largest absolute Gasteiger partial charge is 0.322 e. The summed E-state index contributed by atoms with van der Waals surface area (Å²) in [6.45, 7) is 0. The number of rotatable bonds is 5. The molecule has 2 aromatic carbocycles. The quantitative estimate of drug-likeness (QED) is 0.385. The highest BCUT2D eigenvalue weighted by Crippen LogP contribution is 2.28. The second-order valence-corrected chi connectivity index (χ2v) is 6.23. The Hall–Kier alpha value is -3.46. The third-order valence-electron chi connectivity index (χ3n) is 4.54. The lowest BCUT2D eigenvalue weighted by Crippen LogP contribution is -2.03. The molecule has 0 unspecified atom stereocenters. The summed E-state index contributed by atoms with van der Waals surface area (Å²) < 4.78 is 1.95. The summed E-state index contributed by atoms with van der Waals surface area (Å²) in [7, 11) is 0. The highest BCUT2D eigenvalue weighted by molar-refractivity contribution is 5.98. The SMILES string of the molecule is O=Cc1c(-c2cccc(CC(=O)c3ccccc3)c2)cn2ccccc12. The van der Waals surface area contributed by atoms with Crippen molar-refractivity contribution in [1.82, 2.24) is 4.40 Å². The van der Waals surface area contributed by atoms with Crippen LogP contribution in [-0.2, 0) is 6.42 Å². The first kappa shape index (κ1) is 16.0. The van der Waals surface area contributed by atoms with Crippen LogP contribution in [0, 0.1) is 0 Å². The first-order valence-electron chi connectivity index (χ1n) is 8.49. The topological polar surface area (TPSA) is 38.5 Å². The number of fused-ring (bicyclic) bond motifs is 1. The fourth-order valence-electron chi connectivity index (χ4n) is 3.26. The molecular weight excluding hydrogens is 322 g/mol. The highest BCUT2D eigenvalue weighted by atomic mass is 16.1. The molecule has 0 spiro atoms. The summed E-state index contributed by atoms with van der Waals surface area (Å²) in [6.07, 6.45) is 5.11. The van der Waals surface area contributed by atoms with Crippen molar-refractivity contribution in [3.8, 4) is 11.1 Å². The van der Waals surface area contributed by atoms with Crippen molar-refractivity contribution in [2.24, 2.45) is 0 Å². The zero-order chi connectivity index (χ0) is 17.9. The van der Waals surface area contributed by atoms with Gasteiger partial charge in [0.25, 0.3) is 0 Å².